The zero-order valence-electron chi connectivity index (χ0n) is 19.3. The van der Waals surface area contributed by atoms with Gasteiger partial charge in [0.05, 0.1) is 28.4 Å². The van der Waals surface area contributed by atoms with E-state index >= 15 is 0 Å². The normalized spacial score (nSPS) is 24.2. The number of hydrogen-bond donors (Lipinski definition) is 2. The summed E-state index contributed by atoms with van der Waals surface area (Å²) in [7, 11) is 0. The third-order valence-corrected chi connectivity index (χ3v) is 8.22. The number of rotatable bonds is 7. The molecule has 0 atom stereocenters. The van der Waals surface area contributed by atoms with Gasteiger partial charge in [-0.05, 0) is 51.7 Å². The van der Waals surface area contributed by atoms with E-state index in [0.29, 0.717) is 18.2 Å². The molecule has 2 fully saturated rings. The molecule has 1 aromatic carbocycles. The number of nitrogens with zero attached hydrogens (tertiary/aromatic N) is 3. The number of aromatic nitrogens is 2. The number of alkyl halides is 1. The maximum absolute atomic E-state index is 12.6. The Labute approximate surface area is 203 Å². The highest BCUT2D eigenvalue weighted by Crippen LogP contribution is 2.43. The molecule has 2 N–H and O–H groups in total. The van der Waals surface area contributed by atoms with Crippen LogP contribution in [0.5, 0.6) is 0 Å². The van der Waals surface area contributed by atoms with Gasteiger partial charge in [-0.1, -0.05) is 23.4 Å². The van der Waals surface area contributed by atoms with Gasteiger partial charge in [0.2, 0.25) is 0 Å². The van der Waals surface area contributed by atoms with Crippen molar-refractivity contribution in [1.29, 1.82) is 0 Å². The van der Waals surface area contributed by atoms with Gasteiger partial charge in [0.1, 0.15) is 6.67 Å². The fourth-order valence-corrected chi connectivity index (χ4v) is 6.16. The number of anilines is 1. The summed E-state index contributed by atoms with van der Waals surface area (Å²) in [4.78, 5) is 24.4. The van der Waals surface area contributed by atoms with Gasteiger partial charge in [-0.25, -0.2) is 14.2 Å². The van der Waals surface area contributed by atoms with Crippen LogP contribution in [0.1, 0.15) is 39.5 Å². The number of benzene rings is 1. The molecule has 0 bridgehead atoms. The van der Waals surface area contributed by atoms with Crippen molar-refractivity contribution in [3.63, 3.8) is 0 Å². The van der Waals surface area contributed by atoms with Crippen LogP contribution in [0.4, 0.5) is 14.9 Å². The zero-order chi connectivity index (χ0) is 23.4. The molecule has 1 saturated heterocycles. The second-order valence-electron chi connectivity index (χ2n) is 9.07. The number of imidazole rings is 1. The Balaban J connectivity index is 1.39. The van der Waals surface area contributed by atoms with Crippen LogP contribution in [0.25, 0.3) is 11.0 Å². The zero-order valence-corrected chi connectivity index (χ0v) is 20.9. The minimum absolute atomic E-state index is 0.0556. The average molecular weight is 498 g/mol. The van der Waals surface area contributed by atoms with E-state index in [4.69, 9.17) is 21.3 Å². The van der Waals surface area contributed by atoms with Gasteiger partial charge in [-0.3, -0.25) is 4.90 Å². The van der Waals surface area contributed by atoms with E-state index in [9.17, 15) is 9.18 Å². The molecule has 0 radical (unpaired) electrons. The molecule has 0 unspecified atom stereocenters. The van der Waals surface area contributed by atoms with E-state index < -0.39 is 0 Å². The Kier molecular flexibility index (Phi) is 7.91. The number of aromatic amines is 1. The molecule has 1 amide bonds. The first-order valence-corrected chi connectivity index (χ1v) is 12.9. The molecule has 7 nitrogen and oxygen atoms in total. The number of amides is 1. The molecule has 10 heteroatoms. The van der Waals surface area contributed by atoms with Gasteiger partial charge in [0.15, 0.2) is 5.16 Å². The summed E-state index contributed by atoms with van der Waals surface area (Å²) in [5.41, 5.74) is 2.83. The lowest BCUT2D eigenvalue weighted by Gasteiger charge is -2.36. The molecule has 2 aliphatic rings. The first kappa shape index (κ1) is 24.4. The summed E-state index contributed by atoms with van der Waals surface area (Å²) in [6.45, 7) is 7.99. The summed E-state index contributed by atoms with van der Waals surface area (Å²) in [6, 6.07) is 4.19. The second-order valence-corrected chi connectivity index (χ2v) is 11.1. The highest BCUT2D eigenvalue weighted by molar-refractivity contribution is 8.00. The SMILES string of the molecule is CCOC(=O)NC1CCC(C)(Sc2nc3cc(N4CCN(CCF)CC4)c(Cl)cc3[nH]2)CC1. The molecular weight excluding hydrogens is 465 g/mol. The third-order valence-electron chi connectivity index (χ3n) is 6.63. The monoisotopic (exact) mass is 497 g/mol. The second kappa shape index (κ2) is 10.7. The van der Waals surface area contributed by atoms with Gasteiger partial charge >= 0.3 is 6.09 Å². The molecule has 2 aromatic rings. The predicted molar refractivity (Wildman–Crippen MR) is 132 cm³/mol. The third kappa shape index (κ3) is 6.05. The Morgan fingerprint density at radius 1 is 1.33 bits per heavy atom. The van der Waals surface area contributed by atoms with Crippen molar-refractivity contribution in [3.05, 3.63) is 17.2 Å². The van der Waals surface area contributed by atoms with Gasteiger partial charge in [-0.15, -0.1) is 0 Å². The van der Waals surface area contributed by atoms with Crippen molar-refractivity contribution in [2.75, 3.05) is 50.9 Å². The highest BCUT2D eigenvalue weighted by Gasteiger charge is 2.34. The van der Waals surface area contributed by atoms with Crippen LogP contribution in [0.3, 0.4) is 0 Å². The minimum Gasteiger partial charge on any atom is -0.450 e. The Bertz CT molecular complexity index is 958. The summed E-state index contributed by atoms with van der Waals surface area (Å²) < 4.78 is 17.7. The van der Waals surface area contributed by atoms with Crippen molar-refractivity contribution < 1.29 is 13.9 Å². The number of thioether (sulfide) groups is 1. The van der Waals surface area contributed by atoms with Gasteiger partial charge in [0, 0.05) is 43.5 Å². The number of halogens is 2. The number of alkyl carbamates (subject to hydrolysis) is 1. The maximum Gasteiger partial charge on any atom is 0.407 e. The Hall–Kier alpha value is -1.71. The summed E-state index contributed by atoms with van der Waals surface area (Å²) in [5, 5.41) is 4.56. The van der Waals surface area contributed by atoms with E-state index in [1.807, 2.05) is 13.0 Å². The van der Waals surface area contributed by atoms with Crippen LogP contribution in [-0.2, 0) is 4.74 Å². The smallest absolute Gasteiger partial charge is 0.407 e. The molecule has 182 valence electrons. The van der Waals surface area contributed by atoms with Crippen molar-refractivity contribution in [2.24, 2.45) is 0 Å². The summed E-state index contributed by atoms with van der Waals surface area (Å²) in [5.74, 6) is 0. The van der Waals surface area contributed by atoms with Gasteiger partial charge < -0.3 is 19.9 Å². The standard InChI is InChI=1S/C23H33ClFN5O2S/c1-3-32-22(31)26-16-4-6-23(2,7-5-16)33-21-27-18-14-17(24)20(15-19(18)28-21)30-12-10-29(9-8-25)11-13-30/h14-16H,3-13H2,1-2H3,(H,26,31)(H,27,28). The van der Waals surface area contributed by atoms with Crippen molar-refractivity contribution in [3.8, 4) is 0 Å². The van der Waals surface area contributed by atoms with E-state index in [-0.39, 0.29) is 23.6 Å². The first-order chi connectivity index (χ1) is 15.9. The molecule has 1 aromatic heterocycles. The largest absolute Gasteiger partial charge is 0.450 e. The first-order valence-electron chi connectivity index (χ1n) is 11.7. The lowest BCUT2D eigenvalue weighted by atomic mass is 9.86. The van der Waals surface area contributed by atoms with Gasteiger partial charge in [-0.2, -0.15) is 0 Å². The number of carbonyl (C=O) groups is 1. The molecule has 0 spiro atoms. The lowest BCUT2D eigenvalue weighted by Crippen LogP contribution is -2.47. The van der Waals surface area contributed by atoms with E-state index in [1.54, 1.807) is 11.8 Å². The average Bonchev–Trinajstić information content (AvgIpc) is 3.16. The number of piperazine rings is 1. The molecule has 2 heterocycles. The number of H-pyrrole nitrogens is 1. The number of nitrogens with one attached hydrogen (secondary N) is 2. The fraction of sp³-hybridized carbons (Fsp3) is 0.652. The van der Waals surface area contributed by atoms with E-state index in [2.05, 4.69) is 33.1 Å². The minimum atomic E-state index is -0.326. The Morgan fingerprint density at radius 3 is 2.73 bits per heavy atom. The summed E-state index contributed by atoms with van der Waals surface area (Å²) in [6.07, 6.45) is 3.49. The molecule has 1 aliphatic carbocycles. The van der Waals surface area contributed by atoms with Crippen LogP contribution in [0, 0.1) is 0 Å². The van der Waals surface area contributed by atoms with Crippen LogP contribution >= 0.6 is 23.4 Å². The lowest BCUT2D eigenvalue weighted by molar-refractivity contribution is 0.144. The topological polar surface area (TPSA) is 73.5 Å². The molecule has 1 aliphatic heterocycles. The van der Waals surface area contributed by atoms with Crippen LogP contribution in [-0.4, -0.2) is 77.8 Å². The van der Waals surface area contributed by atoms with Gasteiger partial charge in [0.25, 0.3) is 0 Å². The maximum atomic E-state index is 12.6. The number of fused-ring (bicyclic) bond motifs is 1. The molecule has 4 rings (SSSR count). The number of carbonyl (C=O) groups excluding carboxylic acids is 1. The quantitative estimate of drug-likeness (QED) is 0.569. The molecule has 1 saturated carbocycles. The van der Waals surface area contributed by atoms with Crippen LogP contribution < -0.4 is 10.2 Å². The number of ether oxygens (including phenoxy) is 1. The van der Waals surface area contributed by atoms with Crippen molar-refractivity contribution in [1.82, 2.24) is 20.2 Å². The highest BCUT2D eigenvalue weighted by atomic mass is 35.5. The van der Waals surface area contributed by atoms with E-state index in [1.165, 1.54) is 0 Å². The van der Waals surface area contributed by atoms with E-state index in [0.717, 1.165) is 73.7 Å². The molecular formula is C23H33ClFN5O2S. The van der Waals surface area contributed by atoms with Crippen LogP contribution in [0.15, 0.2) is 17.3 Å². The number of hydrogen-bond acceptors (Lipinski definition) is 6. The van der Waals surface area contributed by atoms with Crippen LogP contribution in [0.2, 0.25) is 5.02 Å². The fourth-order valence-electron chi connectivity index (χ4n) is 4.67. The van der Waals surface area contributed by atoms with Crippen molar-refractivity contribution in [2.45, 2.75) is 55.5 Å². The molecule has 33 heavy (non-hydrogen) atoms. The summed E-state index contributed by atoms with van der Waals surface area (Å²) >= 11 is 8.40. The van der Waals surface area contributed by atoms with Crippen molar-refractivity contribution >= 4 is 46.2 Å². The predicted octanol–water partition coefficient (Wildman–Crippen LogP) is 4.85. The Morgan fingerprint density at radius 2 is 2.06 bits per heavy atom.